The third-order valence-corrected chi connectivity index (χ3v) is 7.30. The molecule has 0 aliphatic carbocycles. The molecule has 188 valence electrons. The van der Waals surface area contributed by atoms with Crippen LogP contribution in [-0.4, -0.2) is 55.5 Å². The van der Waals surface area contributed by atoms with Crippen LogP contribution in [-0.2, 0) is 9.53 Å². The third kappa shape index (κ3) is 6.19. The van der Waals surface area contributed by atoms with Crippen molar-refractivity contribution in [3.05, 3.63) is 39.7 Å². The molecule has 1 aromatic carbocycles. The summed E-state index contributed by atoms with van der Waals surface area (Å²) < 4.78 is 11.0. The molecule has 2 aliphatic heterocycles. The van der Waals surface area contributed by atoms with E-state index in [1.54, 1.807) is 35.2 Å². The minimum absolute atomic E-state index is 0.00257. The Labute approximate surface area is 216 Å². The highest BCUT2D eigenvalue weighted by atomic mass is 35.5. The van der Waals surface area contributed by atoms with E-state index >= 15 is 0 Å². The quantitative estimate of drug-likeness (QED) is 0.502. The molecule has 2 fully saturated rings. The Hall–Kier alpha value is -2.53. The lowest BCUT2D eigenvalue weighted by Gasteiger charge is -2.33. The first-order valence-corrected chi connectivity index (χ1v) is 12.8. The van der Waals surface area contributed by atoms with Gasteiger partial charge in [0, 0.05) is 24.8 Å². The van der Waals surface area contributed by atoms with Crippen LogP contribution < -0.4 is 19.9 Å². The van der Waals surface area contributed by atoms with Gasteiger partial charge in [-0.2, -0.15) is 0 Å². The Bertz CT molecular complexity index is 1100. The minimum Gasteiger partial charge on any atom is -0.442 e. The topological polar surface area (TPSA) is 108 Å². The molecule has 0 radical (unpaired) electrons. The molecule has 9 nitrogen and oxygen atoms in total. The number of ether oxygens (including phenoxy) is 2. The number of benzene rings is 1. The van der Waals surface area contributed by atoms with Crippen molar-refractivity contribution in [2.75, 3.05) is 36.0 Å². The summed E-state index contributed by atoms with van der Waals surface area (Å²) in [5.41, 5.74) is 1.12. The number of hydrogen-bond acceptors (Lipinski definition) is 7. The van der Waals surface area contributed by atoms with Crippen molar-refractivity contribution in [2.24, 2.45) is 5.92 Å². The van der Waals surface area contributed by atoms with Crippen LogP contribution in [0.5, 0.6) is 5.06 Å². The van der Waals surface area contributed by atoms with Gasteiger partial charge in [-0.05, 0) is 56.0 Å². The third-order valence-electron chi connectivity index (χ3n) is 5.88. The number of anilines is 2. The van der Waals surface area contributed by atoms with E-state index in [9.17, 15) is 14.4 Å². The van der Waals surface area contributed by atoms with Gasteiger partial charge in [0.25, 0.3) is 0 Å². The lowest BCUT2D eigenvalue weighted by Crippen LogP contribution is -2.41. The Morgan fingerprint density at radius 2 is 2.06 bits per heavy atom. The standard InChI is InChI=1S/C23H25Cl2N3O6S/c24-17-11-15(5-6-18(17)27-9-1-3-14(21(27)30)4-2-10-29)28-13-16(33-23(28)32)12-26-22(31)34-20-8-7-19(25)35-20/h5-8,11,14,16,29H,1-4,9-10,12-13H2,(H,26,31)/t14?,16-/m0/s1. The van der Waals surface area contributed by atoms with E-state index in [1.165, 1.54) is 4.90 Å². The molecule has 12 heteroatoms. The molecule has 2 aliphatic rings. The molecular formula is C23H25Cl2N3O6S. The number of carbonyl (C=O) groups excluding carboxylic acids is 3. The fraction of sp³-hybridized carbons (Fsp3) is 0.435. The summed E-state index contributed by atoms with van der Waals surface area (Å²) >= 11 is 13.5. The first-order valence-electron chi connectivity index (χ1n) is 11.3. The van der Waals surface area contributed by atoms with Gasteiger partial charge < -0.3 is 24.8 Å². The Morgan fingerprint density at radius 3 is 2.77 bits per heavy atom. The van der Waals surface area contributed by atoms with E-state index < -0.39 is 18.3 Å². The second-order valence-corrected chi connectivity index (χ2v) is 10.4. The number of halogens is 2. The smallest absolute Gasteiger partial charge is 0.414 e. The number of hydrogen-bond donors (Lipinski definition) is 2. The van der Waals surface area contributed by atoms with Gasteiger partial charge in [-0.25, -0.2) is 9.59 Å². The number of thiophene rings is 1. The van der Waals surface area contributed by atoms with Crippen LogP contribution in [0.3, 0.4) is 0 Å². The summed E-state index contributed by atoms with van der Waals surface area (Å²) in [4.78, 5) is 40.4. The van der Waals surface area contributed by atoms with E-state index in [-0.39, 0.29) is 31.5 Å². The zero-order valence-corrected chi connectivity index (χ0v) is 21.1. The van der Waals surface area contributed by atoms with Crippen LogP contribution in [0.15, 0.2) is 30.3 Å². The van der Waals surface area contributed by atoms with E-state index in [1.807, 2.05) is 0 Å². The highest BCUT2D eigenvalue weighted by molar-refractivity contribution is 7.17. The van der Waals surface area contributed by atoms with Crippen molar-refractivity contribution in [1.82, 2.24) is 5.32 Å². The number of piperidine rings is 1. The van der Waals surface area contributed by atoms with Gasteiger partial charge in [0.15, 0.2) is 5.06 Å². The number of aliphatic hydroxyl groups excluding tert-OH is 1. The van der Waals surface area contributed by atoms with Crippen molar-refractivity contribution >= 4 is 64.0 Å². The summed E-state index contributed by atoms with van der Waals surface area (Å²) in [5, 5.41) is 12.4. The normalized spacial score (nSPS) is 20.2. The SMILES string of the molecule is O=C(NC[C@H]1CN(c2ccc(N3CCCC(CCCO)C3=O)c(Cl)c2)C(=O)O1)Oc1ccc(Cl)s1. The molecule has 2 aromatic rings. The number of carbonyl (C=O) groups is 3. The fourth-order valence-electron chi connectivity index (χ4n) is 4.19. The maximum Gasteiger partial charge on any atom is 0.414 e. The summed E-state index contributed by atoms with van der Waals surface area (Å²) in [5.74, 6) is -0.125. The molecule has 2 N–H and O–H groups in total. The van der Waals surface area contributed by atoms with Crippen molar-refractivity contribution in [2.45, 2.75) is 31.8 Å². The van der Waals surface area contributed by atoms with Crippen molar-refractivity contribution in [1.29, 1.82) is 0 Å². The highest BCUT2D eigenvalue weighted by Gasteiger charge is 2.34. The average molecular weight is 542 g/mol. The summed E-state index contributed by atoms with van der Waals surface area (Å²) in [6.45, 7) is 0.919. The van der Waals surface area contributed by atoms with Crippen LogP contribution in [0.2, 0.25) is 9.36 Å². The predicted octanol–water partition coefficient (Wildman–Crippen LogP) is 4.68. The first-order chi connectivity index (χ1) is 16.9. The molecule has 0 spiro atoms. The van der Waals surface area contributed by atoms with Crippen LogP contribution in [0.4, 0.5) is 21.0 Å². The molecule has 2 atom stereocenters. The molecule has 3 heterocycles. The van der Waals surface area contributed by atoms with Crippen molar-refractivity contribution in [3.8, 4) is 5.06 Å². The maximum absolute atomic E-state index is 12.9. The van der Waals surface area contributed by atoms with Gasteiger partial charge in [0.05, 0.1) is 28.1 Å². The molecule has 35 heavy (non-hydrogen) atoms. The number of cyclic esters (lactones) is 1. The van der Waals surface area contributed by atoms with Crippen LogP contribution in [0.1, 0.15) is 25.7 Å². The predicted molar refractivity (Wildman–Crippen MR) is 134 cm³/mol. The number of nitrogens with one attached hydrogen (secondary N) is 1. The van der Waals surface area contributed by atoms with Crippen LogP contribution in [0, 0.1) is 5.92 Å². The second kappa shape index (κ2) is 11.5. The molecule has 3 amide bonds. The minimum atomic E-state index is -0.672. The number of aliphatic hydroxyl groups is 1. The van der Waals surface area contributed by atoms with Gasteiger partial charge in [-0.1, -0.05) is 34.5 Å². The van der Waals surface area contributed by atoms with Crippen LogP contribution >= 0.6 is 34.5 Å². The molecule has 2 saturated heterocycles. The van der Waals surface area contributed by atoms with E-state index in [0.29, 0.717) is 45.2 Å². The Balaban J connectivity index is 1.35. The fourth-order valence-corrected chi connectivity index (χ4v) is 5.34. The highest BCUT2D eigenvalue weighted by Crippen LogP contribution is 2.35. The first kappa shape index (κ1) is 25.6. The number of amides is 3. The maximum atomic E-state index is 12.9. The van der Waals surface area contributed by atoms with E-state index in [2.05, 4.69) is 5.32 Å². The molecule has 0 bridgehead atoms. The summed E-state index contributed by atoms with van der Waals surface area (Å²) in [6.07, 6.45) is 1.08. The Kier molecular flexibility index (Phi) is 8.38. The van der Waals surface area contributed by atoms with Crippen molar-refractivity contribution in [3.63, 3.8) is 0 Å². The van der Waals surface area contributed by atoms with Gasteiger partial charge >= 0.3 is 12.2 Å². The van der Waals surface area contributed by atoms with Gasteiger partial charge in [-0.3, -0.25) is 9.69 Å². The van der Waals surface area contributed by atoms with E-state index in [0.717, 1.165) is 24.2 Å². The Morgan fingerprint density at radius 1 is 1.23 bits per heavy atom. The van der Waals surface area contributed by atoms with E-state index in [4.69, 9.17) is 37.8 Å². The van der Waals surface area contributed by atoms with Gasteiger partial charge in [0.2, 0.25) is 5.91 Å². The zero-order valence-electron chi connectivity index (χ0n) is 18.7. The van der Waals surface area contributed by atoms with Crippen molar-refractivity contribution < 1.29 is 29.0 Å². The number of nitrogens with zero attached hydrogens (tertiary/aromatic N) is 2. The largest absolute Gasteiger partial charge is 0.442 e. The molecule has 4 rings (SSSR count). The number of rotatable bonds is 8. The lowest BCUT2D eigenvalue weighted by molar-refractivity contribution is -0.124. The second-order valence-electron chi connectivity index (χ2n) is 8.28. The average Bonchev–Trinajstić information content (AvgIpc) is 3.41. The molecular weight excluding hydrogens is 517 g/mol. The zero-order chi connectivity index (χ0) is 24.9. The van der Waals surface area contributed by atoms with Gasteiger partial charge in [-0.15, -0.1) is 0 Å². The monoisotopic (exact) mass is 541 g/mol. The van der Waals surface area contributed by atoms with Crippen LogP contribution in [0.25, 0.3) is 0 Å². The molecule has 0 saturated carbocycles. The lowest BCUT2D eigenvalue weighted by atomic mass is 9.92. The summed E-state index contributed by atoms with van der Waals surface area (Å²) in [6, 6.07) is 8.29. The molecule has 1 unspecified atom stereocenters. The van der Waals surface area contributed by atoms with Gasteiger partial charge in [0.1, 0.15) is 6.10 Å². The summed E-state index contributed by atoms with van der Waals surface area (Å²) in [7, 11) is 0. The molecule has 1 aromatic heterocycles.